The van der Waals surface area contributed by atoms with E-state index < -0.39 is 10.0 Å². The Morgan fingerprint density at radius 3 is 2.65 bits per heavy atom. The van der Waals surface area contributed by atoms with Gasteiger partial charge in [-0.05, 0) is 43.7 Å². The zero-order valence-corrected chi connectivity index (χ0v) is 20.0. The van der Waals surface area contributed by atoms with Gasteiger partial charge in [-0.3, -0.25) is 4.79 Å². The van der Waals surface area contributed by atoms with Gasteiger partial charge in [0.15, 0.2) is 10.9 Å². The molecule has 10 heteroatoms. The molecule has 7 nitrogen and oxygen atoms in total. The predicted molar refractivity (Wildman–Crippen MR) is 124 cm³/mol. The van der Waals surface area contributed by atoms with Crippen molar-refractivity contribution in [2.24, 2.45) is 0 Å². The number of fused-ring (bicyclic) bond motifs is 1. The second kappa shape index (κ2) is 9.41. The predicted octanol–water partition coefficient (Wildman–Crippen LogP) is 3.68. The first-order chi connectivity index (χ1) is 14.9. The first kappa shape index (κ1) is 22.5. The summed E-state index contributed by atoms with van der Waals surface area (Å²) in [6, 6.07) is 8.96. The standard InChI is InChI=1S/C21H25N3O4S3/c1-3-15-5-8-20(30-15)19(25)14-29-21-22-17-13-16(6-7-18(17)24(21)4-2)31(26,27)23-9-11-28-12-10-23/h5-8,13H,3-4,9-12,14H2,1-2H3. The van der Waals surface area contributed by atoms with Gasteiger partial charge in [-0.25, -0.2) is 13.4 Å². The van der Waals surface area contributed by atoms with E-state index in [1.165, 1.54) is 32.3 Å². The van der Waals surface area contributed by atoms with Gasteiger partial charge in [0.1, 0.15) is 0 Å². The van der Waals surface area contributed by atoms with Crippen LogP contribution in [0.4, 0.5) is 0 Å². The number of thiophene rings is 1. The fourth-order valence-electron chi connectivity index (χ4n) is 3.52. The quantitative estimate of drug-likeness (QED) is 0.362. The molecule has 0 amide bonds. The summed E-state index contributed by atoms with van der Waals surface area (Å²) in [5, 5.41) is 0.721. The highest BCUT2D eigenvalue weighted by Crippen LogP contribution is 2.28. The Balaban J connectivity index is 1.57. The van der Waals surface area contributed by atoms with Gasteiger partial charge in [0, 0.05) is 24.5 Å². The van der Waals surface area contributed by atoms with E-state index in [2.05, 4.69) is 11.9 Å². The van der Waals surface area contributed by atoms with E-state index >= 15 is 0 Å². The highest BCUT2D eigenvalue weighted by molar-refractivity contribution is 7.99. The average molecular weight is 480 g/mol. The molecule has 1 aliphatic rings. The summed E-state index contributed by atoms with van der Waals surface area (Å²) < 4.78 is 34.7. The van der Waals surface area contributed by atoms with Crippen molar-refractivity contribution in [3.8, 4) is 0 Å². The smallest absolute Gasteiger partial charge is 0.243 e. The SMILES string of the molecule is CCc1ccc(C(=O)CSc2nc3cc(S(=O)(=O)N4CCOCC4)ccc3n2CC)s1. The minimum absolute atomic E-state index is 0.0833. The van der Waals surface area contributed by atoms with Crippen LogP contribution in [-0.4, -0.2) is 60.1 Å². The molecule has 0 unspecified atom stereocenters. The molecule has 1 aliphatic heterocycles. The monoisotopic (exact) mass is 479 g/mol. The molecule has 0 N–H and O–H groups in total. The number of aryl methyl sites for hydroxylation is 2. The molecule has 0 spiro atoms. The number of hydrogen-bond donors (Lipinski definition) is 0. The zero-order chi connectivity index (χ0) is 22.0. The number of thioether (sulfide) groups is 1. The fourth-order valence-corrected chi connectivity index (χ4v) is 6.89. The molecule has 3 aromatic rings. The molecule has 2 aromatic heterocycles. The summed E-state index contributed by atoms with van der Waals surface area (Å²) in [4.78, 5) is 19.4. The summed E-state index contributed by atoms with van der Waals surface area (Å²) in [5.41, 5.74) is 1.48. The molecule has 31 heavy (non-hydrogen) atoms. The van der Waals surface area contributed by atoms with Gasteiger partial charge < -0.3 is 9.30 Å². The Kier molecular flexibility index (Phi) is 6.83. The maximum absolute atomic E-state index is 13.0. The summed E-state index contributed by atoms with van der Waals surface area (Å²) >= 11 is 2.93. The molecule has 3 heterocycles. The number of aromatic nitrogens is 2. The number of benzene rings is 1. The molecule has 0 radical (unpaired) electrons. The Hall–Kier alpha value is -1.72. The van der Waals surface area contributed by atoms with Crippen LogP contribution >= 0.6 is 23.1 Å². The van der Waals surface area contributed by atoms with E-state index in [1.807, 2.05) is 23.6 Å². The number of carbonyl (C=O) groups excluding carboxylic acids is 1. The van der Waals surface area contributed by atoms with Crippen LogP contribution < -0.4 is 0 Å². The minimum atomic E-state index is -3.58. The third kappa shape index (κ3) is 4.58. The van der Waals surface area contributed by atoms with E-state index in [0.717, 1.165) is 22.0 Å². The third-order valence-electron chi connectivity index (χ3n) is 5.23. The molecule has 0 atom stereocenters. The average Bonchev–Trinajstić information content (AvgIpc) is 3.41. The number of ketones is 1. The molecule has 4 rings (SSSR count). The lowest BCUT2D eigenvalue weighted by Gasteiger charge is -2.26. The number of Topliss-reactive ketones (excluding diaryl/α,β-unsaturated/α-hetero) is 1. The van der Waals surface area contributed by atoms with Crippen molar-refractivity contribution in [2.75, 3.05) is 32.1 Å². The Morgan fingerprint density at radius 1 is 1.19 bits per heavy atom. The summed E-state index contributed by atoms with van der Waals surface area (Å²) in [5.74, 6) is 0.381. The molecule has 0 saturated carbocycles. The van der Waals surface area contributed by atoms with Crippen molar-refractivity contribution in [1.82, 2.24) is 13.9 Å². The molecule has 0 aliphatic carbocycles. The van der Waals surface area contributed by atoms with E-state index in [0.29, 0.717) is 44.1 Å². The molecular weight excluding hydrogens is 454 g/mol. The summed E-state index contributed by atoms with van der Waals surface area (Å²) in [6.45, 7) is 6.30. The highest BCUT2D eigenvalue weighted by Gasteiger charge is 2.27. The second-order valence-corrected chi connectivity index (χ2v) is 11.2. The maximum atomic E-state index is 13.0. The number of hydrogen-bond acceptors (Lipinski definition) is 7. The van der Waals surface area contributed by atoms with Gasteiger partial charge in [-0.15, -0.1) is 11.3 Å². The second-order valence-electron chi connectivity index (χ2n) is 7.14. The molecular formula is C21H25N3O4S3. The number of sulfonamides is 1. The lowest BCUT2D eigenvalue weighted by atomic mass is 10.3. The van der Waals surface area contributed by atoms with E-state index in [1.54, 1.807) is 18.2 Å². The van der Waals surface area contributed by atoms with Crippen molar-refractivity contribution in [3.05, 3.63) is 40.1 Å². The van der Waals surface area contributed by atoms with Gasteiger partial charge in [-0.2, -0.15) is 4.31 Å². The molecule has 0 bridgehead atoms. The Bertz CT molecular complexity index is 1190. The number of ether oxygens (including phenoxy) is 1. The first-order valence-electron chi connectivity index (χ1n) is 10.3. The molecule has 1 fully saturated rings. The van der Waals surface area contributed by atoms with Gasteiger partial charge in [0.2, 0.25) is 10.0 Å². The number of carbonyl (C=O) groups is 1. The maximum Gasteiger partial charge on any atom is 0.243 e. The molecule has 166 valence electrons. The third-order valence-corrected chi connectivity index (χ3v) is 9.37. The van der Waals surface area contributed by atoms with Crippen molar-refractivity contribution in [3.63, 3.8) is 0 Å². The van der Waals surface area contributed by atoms with Crippen LogP contribution in [0.3, 0.4) is 0 Å². The van der Waals surface area contributed by atoms with Crippen LogP contribution in [0.25, 0.3) is 11.0 Å². The lowest BCUT2D eigenvalue weighted by Crippen LogP contribution is -2.40. The van der Waals surface area contributed by atoms with Crippen LogP contribution in [0.15, 0.2) is 40.4 Å². The van der Waals surface area contributed by atoms with Crippen LogP contribution in [-0.2, 0) is 27.7 Å². The van der Waals surface area contributed by atoms with Crippen molar-refractivity contribution >= 4 is 49.9 Å². The van der Waals surface area contributed by atoms with Gasteiger partial charge in [0.05, 0.1) is 39.8 Å². The summed E-state index contributed by atoms with van der Waals surface area (Å²) in [6.07, 6.45) is 0.923. The molecule has 1 saturated heterocycles. The normalized spacial score (nSPS) is 15.5. The fraction of sp³-hybridized carbons (Fsp3) is 0.429. The molecule has 1 aromatic carbocycles. The van der Waals surface area contributed by atoms with E-state index in [-0.39, 0.29) is 10.7 Å². The van der Waals surface area contributed by atoms with Gasteiger partial charge in [0.25, 0.3) is 0 Å². The number of imidazole rings is 1. The van der Waals surface area contributed by atoms with Crippen LogP contribution in [0, 0.1) is 0 Å². The van der Waals surface area contributed by atoms with Crippen LogP contribution in [0.2, 0.25) is 0 Å². The van der Waals surface area contributed by atoms with E-state index in [4.69, 9.17) is 4.74 Å². The Morgan fingerprint density at radius 2 is 1.97 bits per heavy atom. The highest BCUT2D eigenvalue weighted by atomic mass is 32.2. The van der Waals surface area contributed by atoms with Gasteiger partial charge in [-0.1, -0.05) is 18.7 Å². The minimum Gasteiger partial charge on any atom is -0.379 e. The topological polar surface area (TPSA) is 81.5 Å². The van der Waals surface area contributed by atoms with Crippen LogP contribution in [0.1, 0.15) is 28.4 Å². The van der Waals surface area contributed by atoms with Crippen LogP contribution in [0.5, 0.6) is 0 Å². The van der Waals surface area contributed by atoms with Crippen molar-refractivity contribution in [1.29, 1.82) is 0 Å². The van der Waals surface area contributed by atoms with Gasteiger partial charge >= 0.3 is 0 Å². The lowest BCUT2D eigenvalue weighted by molar-refractivity contribution is 0.0730. The summed E-state index contributed by atoms with van der Waals surface area (Å²) in [7, 11) is -3.58. The number of nitrogens with zero attached hydrogens (tertiary/aromatic N) is 3. The first-order valence-corrected chi connectivity index (χ1v) is 13.5. The van der Waals surface area contributed by atoms with E-state index in [9.17, 15) is 13.2 Å². The Labute approximate surface area is 190 Å². The number of morpholine rings is 1. The zero-order valence-electron chi connectivity index (χ0n) is 17.5. The van der Waals surface area contributed by atoms with Crippen molar-refractivity contribution in [2.45, 2.75) is 36.9 Å². The number of rotatable bonds is 8. The van der Waals surface area contributed by atoms with Crippen molar-refractivity contribution < 1.29 is 17.9 Å². The largest absolute Gasteiger partial charge is 0.379 e.